The molecule has 0 aliphatic carbocycles. The van der Waals surface area contributed by atoms with E-state index in [1.807, 2.05) is 0 Å². The summed E-state index contributed by atoms with van der Waals surface area (Å²) in [6.07, 6.45) is 0. The summed E-state index contributed by atoms with van der Waals surface area (Å²) in [4.78, 5) is 10.8. The van der Waals surface area contributed by atoms with Gasteiger partial charge in [0.2, 0.25) is 5.91 Å². The first-order valence-corrected chi connectivity index (χ1v) is 3.36. The summed E-state index contributed by atoms with van der Waals surface area (Å²) >= 11 is 0. The van der Waals surface area contributed by atoms with Crippen LogP contribution in [0.3, 0.4) is 0 Å². The van der Waals surface area contributed by atoms with Crippen molar-refractivity contribution in [1.82, 2.24) is 5.32 Å². The Balaban J connectivity index is 0. The van der Waals surface area contributed by atoms with Crippen molar-refractivity contribution in [1.29, 1.82) is 0 Å². The molecule has 12 heavy (non-hydrogen) atoms. The van der Waals surface area contributed by atoms with Gasteiger partial charge in [-0.25, -0.2) is 0 Å². The van der Waals surface area contributed by atoms with Gasteiger partial charge in [-0.05, 0) is 0 Å². The molecule has 0 radical (unpaired) electrons. The number of hydrogen-bond acceptors (Lipinski definition) is 4. The quantitative estimate of drug-likeness (QED) is 0.417. The maximum absolute atomic E-state index is 10.8. The van der Waals surface area contributed by atoms with Crippen molar-refractivity contribution in [3.05, 3.63) is 0 Å². The lowest BCUT2D eigenvalue weighted by molar-refractivity contribution is -0.127. The van der Waals surface area contributed by atoms with Crippen molar-refractivity contribution in [3.8, 4) is 0 Å². The van der Waals surface area contributed by atoms with Gasteiger partial charge in [-0.2, -0.15) is 0 Å². The first-order chi connectivity index (χ1) is 5.26. The second-order valence-corrected chi connectivity index (χ2v) is 2.08. The van der Waals surface area contributed by atoms with E-state index < -0.39 is 11.8 Å². The zero-order chi connectivity index (χ0) is 8.69. The predicted octanol–water partition coefficient (Wildman–Crippen LogP) is -1.88. The van der Waals surface area contributed by atoms with Crippen LogP contribution in [0.15, 0.2) is 0 Å². The topological polar surface area (TPSA) is 89.8 Å². The van der Waals surface area contributed by atoms with E-state index in [9.17, 15) is 4.79 Å². The smallest absolute Gasteiger partial charge is 0.227 e. The van der Waals surface area contributed by atoms with Crippen LogP contribution < -0.4 is 5.32 Å². The average Bonchev–Trinajstić information content (AvgIpc) is 2.03. The lowest BCUT2D eigenvalue weighted by atomic mass is 10.1. The van der Waals surface area contributed by atoms with Crippen LogP contribution in [0.2, 0.25) is 0 Å². The van der Waals surface area contributed by atoms with Crippen LogP contribution in [0.4, 0.5) is 0 Å². The molecule has 4 N–H and O–H groups in total. The predicted molar refractivity (Wildman–Crippen MR) is 45.0 cm³/mol. The van der Waals surface area contributed by atoms with Crippen molar-refractivity contribution in [2.45, 2.75) is 0 Å². The fraction of sp³-hybridized carbons (Fsp3) is 0.833. The molecular weight excluding hydrogens is 186 g/mol. The van der Waals surface area contributed by atoms with E-state index in [1.165, 1.54) is 0 Å². The monoisotopic (exact) mass is 199 g/mol. The fourth-order valence-corrected chi connectivity index (χ4v) is 0.547. The first-order valence-electron chi connectivity index (χ1n) is 3.36. The fourth-order valence-electron chi connectivity index (χ4n) is 0.547. The molecule has 0 saturated heterocycles. The van der Waals surface area contributed by atoms with Crippen LogP contribution in [0.1, 0.15) is 0 Å². The van der Waals surface area contributed by atoms with Gasteiger partial charge in [0.25, 0.3) is 0 Å². The van der Waals surface area contributed by atoms with Gasteiger partial charge in [0.05, 0.1) is 25.7 Å². The van der Waals surface area contributed by atoms with Crippen molar-refractivity contribution >= 4 is 18.3 Å². The zero-order valence-electron chi connectivity index (χ0n) is 6.56. The Kier molecular flexibility index (Phi) is 10.3. The van der Waals surface area contributed by atoms with Gasteiger partial charge in [0, 0.05) is 6.54 Å². The van der Waals surface area contributed by atoms with Crippen LogP contribution in [-0.4, -0.2) is 47.6 Å². The van der Waals surface area contributed by atoms with Crippen LogP contribution >= 0.6 is 12.4 Å². The number of aliphatic hydroxyl groups is 3. The third-order valence-corrected chi connectivity index (χ3v) is 1.22. The number of rotatable bonds is 5. The minimum absolute atomic E-state index is 0. The molecule has 6 heteroatoms. The number of halogens is 1. The Morgan fingerprint density at radius 1 is 1.25 bits per heavy atom. The van der Waals surface area contributed by atoms with Gasteiger partial charge in [-0.15, -0.1) is 12.4 Å². The molecule has 0 spiro atoms. The van der Waals surface area contributed by atoms with Crippen LogP contribution in [0.5, 0.6) is 0 Å². The standard InChI is InChI=1S/C6H13NO4.ClH/c8-2-1-7-6(11)5(3-9)4-10;/h5,8-10H,1-4H2,(H,7,11);1H. The molecule has 0 aromatic rings. The zero-order valence-corrected chi connectivity index (χ0v) is 7.38. The van der Waals surface area contributed by atoms with E-state index in [1.54, 1.807) is 0 Å². The molecule has 0 aliphatic heterocycles. The lowest BCUT2D eigenvalue weighted by Crippen LogP contribution is -2.36. The normalized spacial score (nSPS) is 9.33. The summed E-state index contributed by atoms with van der Waals surface area (Å²) in [5.74, 6) is -1.22. The maximum Gasteiger partial charge on any atom is 0.227 e. The van der Waals surface area contributed by atoms with E-state index in [0.717, 1.165) is 0 Å². The van der Waals surface area contributed by atoms with E-state index in [2.05, 4.69) is 5.32 Å². The molecule has 0 aliphatic rings. The van der Waals surface area contributed by atoms with E-state index in [4.69, 9.17) is 15.3 Å². The van der Waals surface area contributed by atoms with Crippen molar-refractivity contribution in [3.63, 3.8) is 0 Å². The highest BCUT2D eigenvalue weighted by molar-refractivity contribution is 5.85. The minimum atomic E-state index is -0.776. The summed E-state index contributed by atoms with van der Waals surface area (Å²) in [7, 11) is 0. The largest absolute Gasteiger partial charge is 0.395 e. The van der Waals surface area contributed by atoms with Gasteiger partial charge in [-0.1, -0.05) is 0 Å². The number of nitrogens with one attached hydrogen (secondary N) is 1. The van der Waals surface area contributed by atoms with Crippen molar-refractivity contribution in [2.75, 3.05) is 26.4 Å². The summed E-state index contributed by atoms with van der Waals surface area (Å²) in [6, 6.07) is 0. The molecule has 5 nitrogen and oxygen atoms in total. The molecule has 0 saturated carbocycles. The SMILES string of the molecule is Cl.O=C(NCCO)C(CO)CO. The molecule has 0 fully saturated rings. The summed E-state index contributed by atoms with van der Waals surface area (Å²) in [5.41, 5.74) is 0. The minimum Gasteiger partial charge on any atom is -0.395 e. The summed E-state index contributed by atoms with van der Waals surface area (Å²) in [6.45, 7) is -0.758. The van der Waals surface area contributed by atoms with Gasteiger partial charge in [0.15, 0.2) is 0 Å². The number of amides is 1. The van der Waals surface area contributed by atoms with Gasteiger partial charge in [0.1, 0.15) is 0 Å². The van der Waals surface area contributed by atoms with Crippen molar-refractivity contribution in [2.24, 2.45) is 5.92 Å². The molecule has 0 atom stereocenters. The lowest BCUT2D eigenvalue weighted by Gasteiger charge is -2.09. The third kappa shape index (κ3) is 5.31. The van der Waals surface area contributed by atoms with Crippen LogP contribution in [0.25, 0.3) is 0 Å². The Morgan fingerprint density at radius 2 is 1.75 bits per heavy atom. The second kappa shape index (κ2) is 8.73. The molecule has 0 aromatic carbocycles. The Hall–Kier alpha value is -0.360. The molecule has 0 unspecified atom stereocenters. The third-order valence-electron chi connectivity index (χ3n) is 1.22. The Morgan fingerprint density at radius 3 is 2.08 bits per heavy atom. The molecule has 74 valence electrons. The van der Waals surface area contributed by atoms with Gasteiger partial charge in [-0.3, -0.25) is 4.79 Å². The number of hydrogen-bond donors (Lipinski definition) is 4. The highest BCUT2D eigenvalue weighted by Gasteiger charge is 2.14. The summed E-state index contributed by atoms with van der Waals surface area (Å²) < 4.78 is 0. The maximum atomic E-state index is 10.8. The van der Waals surface area contributed by atoms with E-state index in [-0.39, 0.29) is 38.8 Å². The molecule has 1 amide bonds. The average molecular weight is 200 g/mol. The highest BCUT2D eigenvalue weighted by atomic mass is 35.5. The molecule has 0 heterocycles. The molecular formula is C6H14ClNO4. The second-order valence-electron chi connectivity index (χ2n) is 2.08. The van der Waals surface area contributed by atoms with Gasteiger partial charge < -0.3 is 20.6 Å². The highest BCUT2D eigenvalue weighted by Crippen LogP contribution is 1.91. The Bertz CT molecular complexity index is 118. The number of aliphatic hydroxyl groups excluding tert-OH is 3. The van der Waals surface area contributed by atoms with E-state index >= 15 is 0 Å². The van der Waals surface area contributed by atoms with Crippen molar-refractivity contribution < 1.29 is 20.1 Å². The first kappa shape index (κ1) is 14.2. The molecule has 0 aromatic heterocycles. The molecule has 0 bridgehead atoms. The van der Waals surface area contributed by atoms with Crippen LogP contribution in [-0.2, 0) is 4.79 Å². The van der Waals surface area contributed by atoms with Gasteiger partial charge >= 0.3 is 0 Å². The van der Waals surface area contributed by atoms with Crippen LogP contribution in [0, 0.1) is 5.92 Å². The van der Waals surface area contributed by atoms with E-state index in [0.29, 0.717) is 0 Å². The molecule has 0 rings (SSSR count). The summed E-state index contributed by atoms with van der Waals surface area (Å²) in [5, 5.41) is 27.7. The Labute approximate surface area is 76.8 Å². The number of carbonyl (C=O) groups excluding carboxylic acids is 1. The number of carbonyl (C=O) groups is 1.